The van der Waals surface area contributed by atoms with Crippen molar-refractivity contribution in [1.82, 2.24) is 0 Å². The van der Waals surface area contributed by atoms with Crippen LogP contribution in [0, 0.1) is 28.6 Å². The molecule has 0 N–H and O–H groups in total. The highest BCUT2D eigenvalue weighted by atomic mass is 32.2. The first-order valence-electron chi connectivity index (χ1n) is 25.4. The molecule has 0 heterocycles. The zero-order valence-corrected chi connectivity index (χ0v) is 39.7. The summed E-state index contributed by atoms with van der Waals surface area (Å²) >= 11 is 0. The average molecular weight is 861 g/mol. The summed E-state index contributed by atoms with van der Waals surface area (Å²) in [7, 11) is -3.93. The summed E-state index contributed by atoms with van der Waals surface area (Å²) in [6, 6.07) is 0. The van der Waals surface area contributed by atoms with E-state index >= 15 is 0 Å². The van der Waals surface area contributed by atoms with E-state index in [2.05, 4.69) is 33.8 Å². The zero-order chi connectivity index (χ0) is 43.3. The van der Waals surface area contributed by atoms with Gasteiger partial charge in [0.25, 0.3) is 10.1 Å². The molecule has 0 aromatic carbocycles. The monoisotopic (exact) mass is 861 g/mol. The van der Waals surface area contributed by atoms with E-state index in [-0.39, 0.29) is 48.0 Å². The van der Waals surface area contributed by atoms with Crippen LogP contribution < -0.4 is 0 Å². The first-order chi connectivity index (χ1) is 28.9. The Labute approximate surface area is 367 Å². The minimum atomic E-state index is -3.93. The van der Waals surface area contributed by atoms with E-state index in [1.807, 2.05) is 0 Å². The molecule has 4 rings (SSSR count). The van der Waals surface area contributed by atoms with Gasteiger partial charge in [0.2, 0.25) is 0 Å². The van der Waals surface area contributed by atoms with Gasteiger partial charge < -0.3 is 9.47 Å². The first kappa shape index (κ1) is 50.9. The molecule has 4 aliphatic carbocycles. The third kappa shape index (κ3) is 16.4. The Bertz CT molecular complexity index is 1420. The summed E-state index contributed by atoms with van der Waals surface area (Å²) in [5, 5.41) is 0. The fourth-order valence-corrected chi connectivity index (χ4v) is 12.8. The van der Waals surface area contributed by atoms with Crippen molar-refractivity contribution in [2.45, 2.75) is 252 Å². The van der Waals surface area contributed by atoms with Crippen molar-refractivity contribution in [3.63, 3.8) is 0 Å². The van der Waals surface area contributed by atoms with E-state index in [9.17, 15) is 22.8 Å². The van der Waals surface area contributed by atoms with Crippen LogP contribution in [0.15, 0.2) is 11.6 Å². The number of hydrogen-bond donors (Lipinski definition) is 0. The van der Waals surface area contributed by atoms with Crippen molar-refractivity contribution >= 4 is 27.8 Å². The van der Waals surface area contributed by atoms with Crippen LogP contribution in [0.3, 0.4) is 0 Å². The van der Waals surface area contributed by atoms with Gasteiger partial charge in [-0.15, -0.1) is 0 Å². The molecule has 0 bridgehead atoms. The van der Waals surface area contributed by atoms with Gasteiger partial charge in [0.05, 0.1) is 11.9 Å². The van der Waals surface area contributed by atoms with Crippen LogP contribution in [0.1, 0.15) is 240 Å². The largest absolute Gasteiger partial charge is 0.462 e. The number of esters is 2. The number of ether oxygens (including phenoxy) is 2. The molecule has 4 aliphatic rings. The molecule has 0 amide bonds. The molecule has 9 heteroatoms. The predicted molar refractivity (Wildman–Crippen MR) is 243 cm³/mol. The maximum Gasteiger partial charge on any atom is 0.306 e. The molecule has 8 nitrogen and oxygen atoms in total. The fourth-order valence-electron chi connectivity index (χ4n) is 11.6. The molecule has 3 fully saturated rings. The van der Waals surface area contributed by atoms with Crippen molar-refractivity contribution in [1.29, 1.82) is 0 Å². The number of carbonyl (C=O) groups excluding carboxylic acids is 3. The van der Waals surface area contributed by atoms with Gasteiger partial charge in [-0.25, -0.2) is 0 Å². The summed E-state index contributed by atoms with van der Waals surface area (Å²) in [6.45, 7) is 8.92. The SMILES string of the molecule is CCCCCCCCCCCCCC(=O)OCC(CCS(=O)(=O)O[C@H]1CC[C@@]2(C)C(=CC[C@@H]3C2CC[C@]2(C)C(=O)CCC32)C1)OC(=O)CCCCCCCCCCCCC. The van der Waals surface area contributed by atoms with Gasteiger partial charge in [-0.3, -0.25) is 18.6 Å². The zero-order valence-electron chi connectivity index (χ0n) is 38.9. The van der Waals surface area contributed by atoms with Gasteiger partial charge in [-0.05, 0) is 81.0 Å². The topological polar surface area (TPSA) is 113 Å². The lowest BCUT2D eigenvalue weighted by atomic mass is 9.48. The third-order valence-electron chi connectivity index (χ3n) is 15.4. The lowest BCUT2D eigenvalue weighted by Gasteiger charge is -2.56. The Kier molecular flexibility index (Phi) is 22.7. The molecule has 60 heavy (non-hydrogen) atoms. The molecule has 7 atom stereocenters. The van der Waals surface area contributed by atoms with Gasteiger partial charge >= 0.3 is 11.9 Å². The Morgan fingerprint density at radius 2 is 1.18 bits per heavy atom. The van der Waals surface area contributed by atoms with Crippen molar-refractivity contribution in [3.8, 4) is 0 Å². The molecule has 346 valence electrons. The highest BCUT2D eigenvalue weighted by Gasteiger charge is 2.58. The lowest BCUT2D eigenvalue weighted by Crippen LogP contribution is -2.50. The van der Waals surface area contributed by atoms with Gasteiger partial charge in [-0.1, -0.05) is 168 Å². The van der Waals surface area contributed by atoms with Gasteiger partial charge in [0.1, 0.15) is 18.5 Å². The average Bonchev–Trinajstić information content (AvgIpc) is 3.53. The molecular weight excluding hydrogens is 773 g/mol. The van der Waals surface area contributed by atoms with E-state index < -0.39 is 22.3 Å². The number of allylic oxidation sites excluding steroid dienone is 1. The number of carbonyl (C=O) groups is 3. The maximum absolute atomic E-state index is 13.5. The molecule has 0 aromatic heterocycles. The molecule has 0 aromatic rings. The second kappa shape index (κ2) is 26.8. The lowest BCUT2D eigenvalue weighted by molar-refractivity contribution is -0.159. The van der Waals surface area contributed by atoms with Crippen molar-refractivity contribution in [2.75, 3.05) is 12.4 Å². The van der Waals surface area contributed by atoms with Crippen molar-refractivity contribution in [3.05, 3.63) is 11.6 Å². The Morgan fingerprint density at radius 1 is 0.683 bits per heavy atom. The Balaban J connectivity index is 1.21. The standard InChI is InChI=1S/C51H88O8S/c1-5-7-9-11-13-15-17-19-21-23-25-27-48(53)57-40-43(58-49(54)28-26-24-22-20-18-16-14-12-10-8-6-2)35-38-60(55,56)59-42-33-36-50(3)41(39-42)29-30-44-45-31-32-47(52)51(45,4)37-34-46(44)50/h29,42-46H,5-28,30-40H2,1-4H3/t42-,43?,44-,45?,46?,50-,51-/m0/s1. The van der Waals surface area contributed by atoms with E-state index in [4.69, 9.17) is 13.7 Å². The Hall–Kier alpha value is -1.74. The molecule has 3 unspecified atom stereocenters. The summed E-state index contributed by atoms with van der Waals surface area (Å²) in [4.78, 5) is 38.6. The van der Waals surface area contributed by atoms with Crippen LogP contribution in [-0.4, -0.2) is 50.7 Å². The van der Waals surface area contributed by atoms with Gasteiger partial charge in [-0.2, -0.15) is 8.42 Å². The van der Waals surface area contributed by atoms with Gasteiger partial charge in [0, 0.05) is 31.1 Å². The number of unbranched alkanes of at least 4 members (excludes halogenated alkanes) is 20. The highest BCUT2D eigenvalue weighted by Crippen LogP contribution is 2.64. The minimum Gasteiger partial charge on any atom is -0.462 e. The fraction of sp³-hybridized carbons (Fsp3) is 0.902. The molecular formula is C51H88O8S. The van der Waals surface area contributed by atoms with Crippen molar-refractivity contribution in [2.24, 2.45) is 28.6 Å². The van der Waals surface area contributed by atoms with E-state index in [1.165, 1.54) is 108 Å². The Morgan fingerprint density at radius 3 is 1.75 bits per heavy atom. The highest BCUT2D eigenvalue weighted by molar-refractivity contribution is 7.86. The number of Topliss-reactive ketones (excluding diaryl/α,β-unsaturated/α-hetero) is 1. The molecule has 0 spiro atoms. The van der Waals surface area contributed by atoms with Crippen molar-refractivity contribution < 1.29 is 36.5 Å². The molecule has 3 saturated carbocycles. The third-order valence-corrected chi connectivity index (χ3v) is 16.7. The van der Waals surface area contributed by atoms with Gasteiger partial charge in [0.15, 0.2) is 0 Å². The maximum atomic E-state index is 13.5. The van der Waals surface area contributed by atoms with Crippen LogP contribution in [0.25, 0.3) is 0 Å². The molecule has 0 saturated heterocycles. The van der Waals surface area contributed by atoms with Crippen LogP contribution in [0.5, 0.6) is 0 Å². The smallest absolute Gasteiger partial charge is 0.306 e. The minimum absolute atomic E-state index is 0.0180. The van der Waals surface area contributed by atoms with E-state index in [0.717, 1.165) is 70.6 Å². The first-order valence-corrected chi connectivity index (χ1v) is 27.0. The number of hydrogen-bond acceptors (Lipinski definition) is 8. The number of fused-ring (bicyclic) bond motifs is 5. The van der Waals surface area contributed by atoms with E-state index in [1.54, 1.807) is 0 Å². The summed E-state index contributed by atoms with van der Waals surface area (Å²) in [5.41, 5.74) is 1.17. The second-order valence-corrected chi connectivity index (χ2v) is 21.8. The predicted octanol–water partition coefficient (Wildman–Crippen LogP) is 13.5. The normalized spacial score (nSPS) is 26.8. The van der Waals surface area contributed by atoms with Crippen LogP contribution in [0.4, 0.5) is 0 Å². The summed E-state index contributed by atoms with van der Waals surface area (Å²) in [6.07, 6.45) is 34.8. The van der Waals surface area contributed by atoms with Crippen LogP contribution in [-0.2, 0) is 38.2 Å². The molecule has 0 radical (unpaired) electrons. The van der Waals surface area contributed by atoms with Crippen LogP contribution in [0.2, 0.25) is 0 Å². The molecule has 0 aliphatic heterocycles. The summed E-state index contributed by atoms with van der Waals surface area (Å²) in [5.74, 6) is 0.962. The van der Waals surface area contributed by atoms with E-state index in [0.29, 0.717) is 49.2 Å². The number of rotatable bonds is 32. The summed E-state index contributed by atoms with van der Waals surface area (Å²) < 4.78 is 44.2. The second-order valence-electron chi connectivity index (χ2n) is 20.1. The number of ketones is 1. The quantitative estimate of drug-likeness (QED) is 0.0284. The van der Waals surface area contributed by atoms with Crippen LogP contribution >= 0.6 is 0 Å².